The molecule has 48 heavy (non-hydrogen) atoms. The van der Waals surface area contributed by atoms with Crippen LogP contribution in [-0.2, 0) is 20.9 Å². The predicted octanol–water partition coefficient (Wildman–Crippen LogP) is 7.24. The van der Waals surface area contributed by atoms with Gasteiger partial charge in [0.05, 0.1) is 24.8 Å². The zero-order chi connectivity index (χ0) is 33.6. The Morgan fingerprint density at radius 2 is 1.48 bits per heavy atom. The van der Waals surface area contributed by atoms with Crippen molar-refractivity contribution in [3.8, 4) is 0 Å². The molecular weight excluding hydrogens is 622 g/mol. The first kappa shape index (κ1) is 33.2. The van der Waals surface area contributed by atoms with E-state index in [0.29, 0.717) is 34.9 Å². The third-order valence-electron chi connectivity index (χ3n) is 9.28. The average molecular weight is 662 g/mol. The molecule has 1 saturated heterocycles. The van der Waals surface area contributed by atoms with E-state index in [1.807, 2.05) is 53.4 Å². The van der Waals surface area contributed by atoms with E-state index in [1.165, 1.54) is 11.1 Å². The lowest BCUT2D eigenvalue weighted by atomic mass is 9.83. The Kier molecular flexibility index (Phi) is 10.4. The minimum atomic E-state index is -0.457. The molecule has 246 valence electrons. The molecule has 1 atom stereocenters. The number of benzene rings is 4. The van der Waals surface area contributed by atoms with Crippen LogP contribution in [0.1, 0.15) is 64.8 Å². The Bertz CT molecular complexity index is 1760. The number of halogens is 1. The summed E-state index contributed by atoms with van der Waals surface area (Å²) in [6, 6.07) is 35.8. The number of amides is 2. The molecular formula is C40H40ClN3O4. The highest BCUT2D eigenvalue weighted by molar-refractivity contribution is 6.30. The minimum Gasteiger partial charge on any atom is -0.463 e. The van der Waals surface area contributed by atoms with Crippen molar-refractivity contribution in [2.75, 3.05) is 32.8 Å². The molecule has 2 aliphatic heterocycles. The van der Waals surface area contributed by atoms with E-state index in [-0.39, 0.29) is 37.4 Å². The van der Waals surface area contributed by atoms with Gasteiger partial charge in [-0.25, -0.2) is 4.79 Å². The summed E-state index contributed by atoms with van der Waals surface area (Å²) in [5.41, 5.74) is 5.66. The van der Waals surface area contributed by atoms with E-state index in [1.54, 1.807) is 30.9 Å². The minimum absolute atomic E-state index is 0.0297. The Morgan fingerprint density at radius 1 is 0.833 bits per heavy atom. The number of allylic oxidation sites excluding steroid dienone is 1. The normalized spacial score (nSPS) is 17.2. The number of piperazine rings is 1. The van der Waals surface area contributed by atoms with Gasteiger partial charge in [-0.05, 0) is 60.4 Å². The van der Waals surface area contributed by atoms with Crippen molar-refractivity contribution in [2.45, 2.75) is 38.8 Å². The van der Waals surface area contributed by atoms with Gasteiger partial charge in [0, 0.05) is 54.8 Å². The van der Waals surface area contributed by atoms with Crippen LogP contribution in [0.2, 0.25) is 5.02 Å². The summed E-state index contributed by atoms with van der Waals surface area (Å²) in [6.07, 6.45) is 0.113. The van der Waals surface area contributed by atoms with Gasteiger partial charge in [0.15, 0.2) is 0 Å². The number of esters is 1. The zero-order valence-electron chi connectivity index (χ0n) is 27.3. The van der Waals surface area contributed by atoms with Crippen molar-refractivity contribution < 1.29 is 19.1 Å². The van der Waals surface area contributed by atoms with Crippen molar-refractivity contribution in [1.29, 1.82) is 0 Å². The van der Waals surface area contributed by atoms with Gasteiger partial charge in [-0.3, -0.25) is 14.5 Å². The van der Waals surface area contributed by atoms with Crippen LogP contribution in [0.4, 0.5) is 0 Å². The van der Waals surface area contributed by atoms with E-state index < -0.39 is 11.9 Å². The highest BCUT2D eigenvalue weighted by Crippen LogP contribution is 2.38. The maximum Gasteiger partial charge on any atom is 0.336 e. The Balaban J connectivity index is 1.18. The number of hydrogen-bond acceptors (Lipinski definition) is 5. The summed E-state index contributed by atoms with van der Waals surface area (Å²) in [7, 11) is 0. The van der Waals surface area contributed by atoms with Crippen molar-refractivity contribution >= 4 is 29.4 Å². The molecule has 1 unspecified atom stereocenters. The Labute approximate surface area is 287 Å². The van der Waals surface area contributed by atoms with Crippen LogP contribution in [0.5, 0.6) is 0 Å². The largest absolute Gasteiger partial charge is 0.463 e. The SMILES string of the molecule is CCOC(=O)C1=C(C)N(Cc2cccc(C(=O)N3CCN(C(c4ccccc4)c4ccccc4)CC3)c2)C(=O)CC1c1cccc(Cl)c1. The molecule has 2 aliphatic rings. The van der Waals surface area contributed by atoms with Crippen LogP contribution in [0, 0.1) is 0 Å². The standard InChI is InChI=1S/C40H40ClN3O4/c1-3-48-40(47)37-28(2)44(36(45)26-35(37)32-17-11-19-34(41)25-32)27-29-12-10-18-33(24-29)39(46)43-22-20-42(21-23-43)38(30-13-6-4-7-14-30)31-15-8-5-9-16-31/h4-19,24-25,35,38H,3,20-23,26-27H2,1-2H3. The van der Waals surface area contributed by atoms with Gasteiger partial charge in [0.1, 0.15) is 0 Å². The second-order valence-electron chi connectivity index (χ2n) is 12.3. The van der Waals surface area contributed by atoms with Gasteiger partial charge in [-0.1, -0.05) is 96.5 Å². The van der Waals surface area contributed by atoms with E-state index in [9.17, 15) is 14.4 Å². The highest BCUT2D eigenvalue weighted by Gasteiger charge is 2.37. The van der Waals surface area contributed by atoms with Crippen LogP contribution < -0.4 is 0 Å². The van der Waals surface area contributed by atoms with Crippen molar-refractivity contribution in [3.05, 3.63) is 153 Å². The monoisotopic (exact) mass is 661 g/mol. The third-order valence-corrected chi connectivity index (χ3v) is 9.52. The molecule has 0 spiro atoms. The molecule has 6 rings (SSSR count). The van der Waals surface area contributed by atoms with Gasteiger partial charge >= 0.3 is 5.97 Å². The fourth-order valence-corrected chi connectivity index (χ4v) is 7.12. The summed E-state index contributed by atoms with van der Waals surface area (Å²) in [5, 5.41) is 0.540. The van der Waals surface area contributed by atoms with Crippen molar-refractivity contribution in [1.82, 2.24) is 14.7 Å². The quantitative estimate of drug-likeness (QED) is 0.177. The first-order valence-corrected chi connectivity index (χ1v) is 16.9. The molecule has 4 aromatic rings. The molecule has 8 heteroatoms. The van der Waals surface area contributed by atoms with Gasteiger partial charge in [0.2, 0.25) is 5.91 Å². The molecule has 2 heterocycles. The lowest BCUT2D eigenvalue weighted by Gasteiger charge is -2.40. The Morgan fingerprint density at radius 3 is 2.10 bits per heavy atom. The summed E-state index contributed by atoms with van der Waals surface area (Å²) in [6.45, 7) is 6.73. The number of rotatable bonds is 9. The average Bonchev–Trinajstić information content (AvgIpc) is 3.11. The number of ether oxygens (including phenoxy) is 1. The number of nitrogens with zero attached hydrogens (tertiary/aromatic N) is 3. The van der Waals surface area contributed by atoms with Crippen LogP contribution in [0.15, 0.2) is 120 Å². The molecule has 2 amide bonds. The van der Waals surface area contributed by atoms with Crippen molar-refractivity contribution in [2.24, 2.45) is 0 Å². The second-order valence-corrected chi connectivity index (χ2v) is 12.7. The Hall–Kier alpha value is -4.72. The van der Waals surface area contributed by atoms with Gasteiger partial charge in [-0.15, -0.1) is 0 Å². The van der Waals surface area contributed by atoms with Crippen LogP contribution in [0.3, 0.4) is 0 Å². The second kappa shape index (κ2) is 15.0. The van der Waals surface area contributed by atoms with E-state index in [2.05, 4.69) is 53.4 Å². The summed E-state index contributed by atoms with van der Waals surface area (Å²) in [5.74, 6) is -1.04. The molecule has 4 aromatic carbocycles. The maximum absolute atomic E-state index is 13.8. The first-order chi connectivity index (χ1) is 23.3. The molecule has 0 saturated carbocycles. The molecule has 0 aromatic heterocycles. The molecule has 1 fully saturated rings. The lowest BCUT2D eigenvalue weighted by Crippen LogP contribution is -2.49. The first-order valence-electron chi connectivity index (χ1n) is 16.5. The number of carbonyl (C=O) groups is 3. The summed E-state index contributed by atoms with van der Waals surface area (Å²) in [4.78, 5) is 46.6. The molecule has 0 N–H and O–H groups in total. The smallest absolute Gasteiger partial charge is 0.336 e. The van der Waals surface area contributed by atoms with Crippen LogP contribution in [0.25, 0.3) is 0 Å². The number of hydrogen-bond donors (Lipinski definition) is 0. The van der Waals surface area contributed by atoms with E-state index in [4.69, 9.17) is 16.3 Å². The third kappa shape index (κ3) is 7.23. The van der Waals surface area contributed by atoms with Crippen molar-refractivity contribution in [3.63, 3.8) is 0 Å². The van der Waals surface area contributed by atoms with E-state index in [0.717, 1.165) is 24.2 Å². The van der Waals surface area contributed by atoms with Gasteiger partial charge < -0.3 is 14.5 Å². The van der Waals surface area contributed by atoms with E-state index >= 15 is 0 Å². The van der Waals surface area contributed by atoms with Gasteiger partial charge in [-0.2, -0.15) is 0 Å². The predicted molar refractivity (Wildman–Crippen MR) is 187 cm³/mol. The molecule has 0 bridgehead atoms. The van der Waals surface area contributed by atoms with Crippen LogP contribution in [-0.4, -0.2) is 65.3 Å². The topological polar surface area (TPSA) is 70.2 Å². The lowest BCUT2D eigenvalue weighted by molar-refractivity contribution is -0.140. The fraction of sp³-hybridized carbons (Fsp3) is 0.275. The summed E-state index contributed by atoms with van der Waals surface area (Å²) >= 11 is 6.27. The molecule has 7 nitrogen and oxygen atoms in total. The zero-order valence-corrected chi connectivity index (χ0v) is 28.1. The fourth-order valence-electron chi connectivity index (χ4n) is 6.92. The number of carbonyl (C=O) groups excluding carboxylic acids is 3. The van der Waals surface area contributed by atoms with Crippen LogP contribution >= 0.6 is 11.6 Å². The maximum atomic E-state index is 13.8. The molecule has 0 aliphatic carbocycles. The molecule has 0 radical (unpaired) electrons. The highest BCUT2D eigenvalue weighted by atomic mass is 35.5. The van der Waals surface area contributed by atoms with Gasteiger partial charge in [0.25, 0.3) is 5.91 Å². The summed E-state index contributed by atoms with van der Waals surface area (Å²) < 4.78 is 5.44.